The average molecular weight is 352 g/mol. The van der Waals surface area contributed by atoms with Crippen molar-refractivity contribution in [1.29, 1.82) is 0 Å². The van der Waals surface area contributed by atoms with E-state index in [1.165, 1.54) is 103 Å². The average Bonchev–Trinajstić information content (AvgIpc) is 2.60. The lowest BCUT2D eigenvalue weighted by atomic mass is 10.0. The Balaban J connectivity index is 3.05. The quantitative estimate of drug-likeness (QED) is 0.191. The molecule has 0 saturated heterocycles. The number of hydrogen-bond donors (Lipinski definition) is 1. The lowest BCUT2D eigenvalue weighted by Crippen LogP contribution is -2.24. The van der Waals surface area contributed by atoms with E-state index in [0.717, 1.165) is 13.0 Å². The third-order valence-corrected chi connectivity index (χ3v) is 4.95. The molecule has 0 heterocycles. The highest BCUT2D eigenvalue weighted by atomic mass is 16.1. The van der Waals surface area contributed by atoms with Gasteiger partial charge in [0.2, 0.25) is 5.91 Å². The van der Waals surface area contributed by atoms with Crippen molar-refractivity contribution in [3.63, 3.8) is 0 Å². The Hall–Kier alpha value is -0.790. The van der Waals surface area contributed by atoms with E-state index >= 15 is 0 Å². The summed E-state index contributed by atoms with van der Waals surface area (Å²) in [6, 6.07) is 0. The predicted molar refractivity (Wildman–Crippen MR) is 112 cm³/mol. The van der Waals surface area contributed by atoms with Gasteiger partial charge in [0, 0.05) is 12.1 Å². The van der Waals surface area contributed by atoms with Gasteiger partial charge in [-0.15, -0.1) is 0 Å². The molecule has 0 spiro atoms. The van der Waals surface area contributed by atoms with Crippen molar-refractivity contribution < 1.29 is 4.79 Å². The summed E-state index contributed by atoms with van der Waals surface area (Å²) in [5.74, 6) is -0.00325. The molecule has 148 valence electrons. The van der Waals surface area contributed by atoms with Crippen molar-refractivity contribution in [3.05, 3.63) is 12.2 Å². The van der Waals surface area contributed by atoms with Crippen LogP contribution >= 0.6 is 0 Å². The zero-order chi connectivity index (χ0) is 18.6. The Kier molecular flexibility index (Phi) is 18.9. The van der Waals surface area contributed by atoms with E-state index in [1.54, 1.807) is 6.92 Å². The van der Waals surface area contributed by atoms with E-state index < -0.39 is 0 Å². The number of nitrogens with one attached hydrogen (secondary N) is 1. The van der Waals surface area contributed by atoms with Crippen molar-refractivity contribution in [2.45, 2.75) is 123 Å². The molecule has 0 aliphatic rings. The van der Waals surface area contributed by atoms with Crippen LogP contribution in [0.25, 0.3) is 0 Å². The molecular weight excluding hydrogens is 306 g/mol. The molecule has 0 aliphatic carbocycles. The lowest BCUT2D eigenvalue weighted by molar-refractivity contribution is -0.117. The molecule has 2 nitrogen and oxygen atoms in total. The van der Waals surface area contributed by atoms with Gasteiger partial charge in [-0.05, 0) is 13.3 Å². The molecule has 0 rings (SSSR count). The SMILES string of the molecule is C=C(C)C(=O)NCCCCCCCCCCCCCCCCCCC. The molecule has 0 aromatic carbocycles. The van der Waals surface area contributed by atoms with E-state index in [9.17, 15) is 4.79 Å². The second-order valence-corrected chi connectivity index (χ2v) is 7.69. The fourth-order valence-electron chi connectivity index (χ4n) is 3.20. The van der Waals surface area contributed by atoms with Crippen molar-refractivity contribution in [3.8, 4) is 0 Å². The number of rotatable bonds is 19. The zero-order valence-electron chi connectivity index (χ0n) is 17.3. The van der Waals surface area contributed by atoms with Gasteiger partial charge in [0.25, 0.3) is 0 Å². The molecular formula is C23H45NO. The molecule has 0 atom stereocenters. The Morgan fingerprint density at radius 3 is 1.28 bits per heavy atom. The predicted octanol–water partition coefficient (Wildman–Crippen LogP) is 7.33. The normalized spacial score (nSPS) is 10.8. The highest BCUT2D eigenvalue weighted by molar-refractivity contribution is 5.91. The summed E-state index contributed by atoms with van der Waals surface area (Å²) < 4.78 is 0. The standard InChI is InChI=1S/C23H45NO/c1-4-5-6-7-8-9-10-11-12-13-14-15-16-17-18-19-20-21-24-23(25)22(2)3/h2,4-21H2,1,3H3,(H,24,25). The van der Waals surface area contributed by atoms with Crippen molar-refractivity contribution in [1.82, 2.24) is 5.32 Å². The minimum absolute atomic E-state index is 0.00325. The van der Waals surface area contributed by atoms with Crippen LogP contribution < -0.4 is 5.32 Å². The van der Waals surface area contributed by atoms with Crippen LogP contribution in [-0.2, 0) is 4.79 Å². The first-order chi connectivity index (χ1) is 12.2. The molecule has 0 bridgehead atoms. The topological polar surface area (TPSA) is 29.1 Å². The van der Waals surface area contributed by atoms with Crippen LogP contribution in [0.4, 0.5) is 0 Å². The first kappa shape index (κ1) is 24.2. The van der Waals surface area contributed by atoms with Gasteiger partial charge in [-0.3, -0.25) is 4.79 Å². The molecule has 1 N–H and O–H groups in total. The maximum atomic E-state index is 11.3. The van der Waals surface area contributed by atoms with Crippen LogP contribution in [0.2, 0.25) is 0 Å². The molecule has 0 unspecified atom stereocenters. The van der Waals surface area contributed by atoms with E-state index in [1.807, 2.05) is 0 Å². The summed E-state index contributed by atoms with van der Waals surface area (Å²) in [4.78, 5) is 11.3. The Bertz CT molecular complexity index is 311. The fraction of sp³-hybridized carbons (Fsp3) is 0.870. The number of amides is 1. The van der Waals surface area contributed by atoms with Gasteiger partial charge in [0.05, 0.1) is 0 Å². The summed E-state index contributed by atoms with van der Waals surface area (Å²) >= 11 is 0. The zero-order valence-corrected chi connectivity index (χ0v) is 17.3. The van der Waals surface area contributed by atoms with Gasteiger partial charge in [0.1, 0.15) is 0 Å². The maximum Gasteiger partial charge on any atom is 0.246 e. The summed E-state index contributed by atoms with van der Waals surface area (Å²) in [6.45, 7) is 8.48. The largest absolute Gasteiger partial charge is 0.352 e. The van der Waals surface area contributed by atoms with Crippen molar-refractivity contribution in [2.24, 2.45) is 0 Å². The van der Waals surface area contributed by atoms with E-state index in [4.69, 9.17) is 0 Å². The Morgan fingerprint density at radius 2 is 0.960 bits per heavy atom. The second kappa shape index (κ2) is 19.5. The Labute approximate surface area is 158 Å². The second-order valence-electron chi connectivity index (χ2n) is 7.69. The minimum atomic E-state index is -0.00325. The van der Waals surface area contributed by atoms with E-state index in [0.29, 0.717) is 5.57 Å². The molecule has 0 radical (unpaired) electrons. The molecule has 0 fully saturated rings. The highest BCUT2D eigenvalue weighted by Crippen LogP contribution is 2.13. The summed E-state index contributed by atoms with van der Waals surface area (Å²) in [5, 5.41) is 2.90. The smallest absolute Gasteiger partial charge is 0.246 e. The van der Waals surface area contributed by atoms with Gasteiger partial charge < -0.3 is 5.32 Å². The van der Waals surface area contributed by atoms with Crippen LogP contribution in [-0.4, -0.2) is 12.5 Å². The first-order valence-electron chi connectivity index (χ1n) is 11.1. The van der Waals surface area contributed by atoms with Crippen molar-refractivity contribution >= 4 is 5.91 Å². The molecule has 2 heteroatoms. The van der Waals surface area contributed by atoms with Gasteiger partial charge in [-0.1, -0.05) is 116 Å². The van der Waals surface area contributed by atoms with Gasteiger partial charge in [0.15, 0.2) is 0 Å². The van der Waals surface area contributed by atoms with Gasteiger partial charge >= 0.3 is 0 Å². The van der Waals surface area contributed by atoms with Crippen molar-refractivity contribution in [2.75, 3.05) is 6.54 Å². The monoisotopic (exact) mass is 351 g/mol. The lowest BCUT2D eigenvalue weighted by Gasteiger charge is -2.05. The number of carbonyl (C=O) groups excluding carboxylic acids is 1. The Morgan fingerprint density at radius 1 is 0.640 bits per heavy atom. The summed E-state index contributed by atoms with van der Waals surface area (Å²) in [5.41, 5.74) is 0.604. The highest BCUT2D eigenvalue weighted by Gasteiger charge is 1.99. The summed E-state index contributed by atoms with van der Waals surface area (Å²) in [7, 11) is 0. The maximum absolute atomic E-state index is 11.3. The van der Waals surface area contributed by atoms with Gasteiger partial charge in [-0.25, -0.2) is 0 Å². The summed E-state index contributed by atoms with van der Waals surface area (Å²) in [6.07, 6.45) is 23.6. The van der Waals surface area contributed by atoms with Crippen LogP contribution in [0.3, 0.4) is 0 Å². The number of unbranched alkanes of at least 4 members (excludes halogenated alkanes) is 16. The number of carbonyl (C=O) groups is 1. The third kappa shape index (κ3) is 19.4. The van der Waals surface area contributed by atoms with Crippen LogP contribution in [0.15, 0.2) is 12.2 Å². The minimum Gasteiger partial charge on any atom is -0.352 e. The molecule has 0 saturated carbocycles. The van der Waals surface area contributed by atoms with Crippen LogP contribution in [0.1, 0.15) is 123 Å². The molecule has 1 amide bonds. The molecule has 0 aromatic rings. The number of hydrogen-bond acceptors (Lipinski definition) is 1. The van der Waals surface area contributed by atoms with E-state index in [2.05, 4.69) is 18.8 Å². The third-order valence-electron chi connectivity index (χ3n) is 4.95. The first-order valence-corrected chi connectivity index (χ1v) is 11.1. The van der Waals surface area contributed by atoms with Crippen LogP contribution in [0.5, 0.6) is 0 Å². The molecule has 0 aliphatic heterocycles. The van der Waals surface area contributed by atoms with Gasteiger partial charge in [-0.2, -0.15) is 0 Å². The molecule has 0 aromatic heterocycles. The van der Waals surface area contributed by atoms with Crippen LogP contribution in [0, 0.1) is 0 Å². The fourth-order valence-corrected chi connectivity index (χ4v) is 3.20. The molecule has 25 heavy (non-hydrogen) atoms. The van der Waals surface area contributed by atoms with E-state index in [-0.39, 0.29) is 5.91 Å².